The lowest BCUT2D eigenvalue weighted by Gasteiger charge is -2.20. The summed E-state index contributed by atoms with van der Waals surface area (Å²) >= 11 is 0. The lowest BCUT2D eigenvalue weighted by molar-refractivity contribution is -0.123. The number of hydrogen-bond acceptors (Lipinski definition) is 3. The second-order valence-corrected chi connectivity index (χ2v) is 3.93. The molecule has 1 amide bonds. The Morgan fingerprint density at radius 1 is 1.33 bits per heavy atom. The van der Waals surface area contributed by atoms with Crippen LogP contribution in [0.2, 0.25) is 0 Å². The van der Waals surface area contributed by atoms with Crippen molar-refractivity contribution in [2.45, 2.75) is 26.7 Å². The highest BCUT2D eigenvalue weighted by Gasteiger charge is 2.20. The first-order valence-corrected chi connectivity index (χ1v) is 4.83. The van der Waals surface area contributed by atoms with E-state index < -0.39 is 0 Å². The van der Waals surface area contributed by atoms with Crippen LogP contribution in [0.4, 0.5) is 0 Å². The number of aliphatic hydroxyl groups excluding tert-OH is 2. The molecule has 3 N–H and O–H groups in total. The SMILES string of the molecule is C#C.CC(C)(CO)CC(=O)NCCCO. The van der Waals surface area contributed by atoms with Crippen LogP contribution < -0.4 is 5.32 Å². The molecular formula is C11H21NO3. The third-order valence-electron chi connectivity index (χ3n) is 1.72. The fourth-order valence-corrected chi connectivity index (χ4v) is 0.860. The van der Waals surface area contributed by atoms with Gasteiger partial charge in [0.1, 0.15) is 0 Å². The van der Waals surface area contributed by atoms with Crippen LogP contribution in [0.15, 0.2) is 0 Å². The standard InChI is InChI=1S/C9H19NO3.C2H2/c1-9(2,7-12)6-8(13)10-4-3-5-11;1-2/h11-12H,3-7H2,1-2H3,(H,10,13);1-2H. The van der Waals surface area contributed by atoms with Crippen LogP contribution in [-0.4, -0.2) is 35.9 Å². The molecule has 0 unspecified atom stereocenters. The highest BCUT2D eigenvalue weighted by Crippen LogP contribution is 2.18. The summed E-state index contributed by atoms with van der Waals surface area (Å²) in [4.78, 5) is 11.2. The quantitative estimate of drug-likeness (QED) is 0.436. The number of hydrogen-bond donors (Lipinski definition) is 3. The number of nitrogens with one attached hydrogen (secondary N) is 1. The van der Waals surface area contributed by atoms with Crippen molar-refractivity contribution in [1.29, 1.82) is 0 Å². The largest absolute Gasteiger partial charge is 0.396 e. The third-order valence-corrected chi connectivity index (χ3v) is 1.72. The summed E-state index contributed by atoms with van der Waals surface area (Å²) in [5.41, 5.74) is -0.358. The Kier molecular flexibility index (Phi) is 10.4. The first-order valence-electron chi connectivity index (χ1n) is 4.83. The Balaban J connectivity index is 0. The van der Waals surface area contributed by atoms with Crippen LogP contribution >= 0.6 is 0 Å². The van der Waals surface area contributed by atoms with E-state index in [1.165, 1.54) is 0 Å². The smallest absolute Gasteiger partial charge is 0.220 e. The minimum Gasteiger partial charge on any atom is -0.396 e. The Hall–Kier alpha value is -1.05. The first kappa shape index (κ1) is 16.4. The number of aliphatic hydroxyl groups is 2. The number of carbonyl (C=O) groups excluding carboxylic acids is 1. The highest BCUT2D eigenvalue weighted by atomic mass is 16.3. The van der Waals surface area contributed by atoms with Crippen LogP contribution in [0.5, 0.6) is 0 Å². The Morgan fingerprint density at radius 3 is 2.27 bits per heavy atom. The fourth-order valence-electron chi connectivity index (χ4n) is 0.860. The molecular weight excluding hydrogens is 194 g/mol. The maximum atomic E-state index is 11.2. The molecule has 88 valence electrons. The lowest BCUT2D eigenvalue weighted by Crippen LogP contribution is -2.31. The van der Waals surface area contributed by atoms with Crippen LogP contribution in [0.1, 0.15) is 26.7 Å². The van der Waals surface area contributed by atoms with Gasteiger partial charge in [-0.05, 0) is 11.8 Å². The molecule has 15 heavy (non-hydrogen) atoms. The average molecular weight is 215 g/mol. The number of rotatable bonds is 6. The fraction of sp³-hybridized carbons (Fsp3) is 0.727. The van der Waals surface area contributed by atoms with Crippen molar-refractivity contribution in [1.82, 2.24) is 5.32 Å². The van der Waals surface area contributed by atoms with Gasteiger partial charge in [-0.1, -0.05) is 13.8 Å². The highest BCUT2D eigenvalue weighted by molar-refractivity contribution is 5.76. The van der Waals surface area contributed by atoms with Crippen molar-refractivity contribution in [3.8, 4) is 12.8 Å². The van der Waals surface area contributed by atoms with Crippen molar-refractivity contribution in [3.05, 3.63) is 0 Å². The molecule has 0 spiro atoms. The van der Waals surface area contributed by atoms with E-state index in [2.05, 4.69) is 18.2 Å². The van der Waals surface area contributed by atoms with Crippen molar-refractivity contribution < 1.29 is 15.0 Å². The molecule has 0 radical (unpaired) electrons. The van der Waals surface area contributed by atoms with E-state index in [4.69, 9.17) is 10.2 Å². The predicted octanol–water partition coefficient (Wildman–Crippen LogP) is 0.143. The molecule has 0 rings (SSSR count). The Bertz CT molecular complexity index is 188. The third kappa shape index (κ3) is 10.9. The van der Waals surface area contributed by atoms with Gasteiger partial charge in [-0.15, -0.1) is 12.8 Å². The van der Waals surface area contributed by atoms with E-state index in [9.17, 15) is 4.79 Å². The summed E-state index contributed by atoms with van der Waals surface area (Å²) in [6.45, 7) is 4.25. The molecule has 0 aromatic heterocycles. The molecule has 0 heterocycles. The van der Waals surface area contributed by atoms with Crippen LogP contribution in [-0.2, 0) is 4.79 Å². The lowest BCUT2D eigenvalue weighted by atomic mass is 9.90. The van der Waals surface area contributed by atoms with Crippen molar-refractivity contribution in [2.75, 3.05) is 19.8 Å². The van der Waals surface area contributed by atoms with E-state index in [0.717, 1.165) is 0 Å². The molecule has 0 aromatic carbocycles. The first-order chi connectivity index (χ1) is 7.02. The summed E-state index contributed by atoms with van der Waals surface area (Å²) < 4.78 is 0. The van der Waals surface area contributed by atoms with E-state index in [1.54, 1.807) is 0 Å². The van der Waals surface area contributed by atoms with Gasteiger partial charge in [-0.25, -0.2) is 0 Å². The minimum atomic E-state index is -0.358. The molecule has 0 aliphatic rings. The van der Waals surface area contributed by atoms with Gasteiger partial charge in [-0.3, -0.25) is 4.79 Å². The summed E-state index contributed by atoms with van der Waals surface area (Å²) in [5.74, 6) is -0.0764. The topological polar surface area (TPSA) is 69.6 Å². The van der Waals surface area contributed by atoms with Crippen molar-refractivity contribution in [2.24, 2.45) is 5.41 Å². The molecule has 0 saturated heterocycles. The van der Waals surface area contributed by atoms with Crippen molar-refractivity contribution >= 4 is 5.91 Å². The van der Waals surface area contributed by atoms with Crippen LogP contribution in [0.25, 0.3) is 0 Å². The van der Waals surface area contributed by atoms with Gasteiger partial charge in [-0.2, -0.15) is 0 Å². The van der Waals surface area contributed by atoms with Crippen LogP contribution in [0, 0.1) is 18.3 Å². The van der Waals surface area contributed by atoms with Gasteiger partial charge in [0.05, 0.1) is 0 Å². The average Bonchev–Trinajstić information content (AvgIpc) is 2.21. The van der Waals surface area contributed by atoms with Gasteiger partial charge >= 0.3 is 0 Å². The Morgan fingerprint density at radius 2 is 1.87 bits per heavy atom. The predicted molar refractivity (Wildman–Crippen MR) is 60.1 cm³/mol. The van der Waals surface area contributed by atoms with Gasteiger partial charge in [0.25, 0.3) is 0 Å². The monoisotopic (exact) mass is 215 g/mol. The van der Waals surface area contributed by atoms with Gasteiger partial charge < -0.3 is 15.5 Å². The molecule has 0 fully saturated rings. The zero-order valence-corrected chi connectivity index (χ0v) is 9.49. The Labute approximate surface area is 91.7 Å². The zero-order valence-electron chi connectivity index (χ0n) is 9.49. The molecule has 0 aliphatic carbocycles. The van der Waals surface area contributed by atoms with Gasteiger partial charge in [0, 0.05) is 26.2 Å². The normalized spacial score (nSPS) is 10.0. The summed E-state index contributed by atoms with van der Waals surface area (Å²) in [5, 5.41) is 20.0. The number of amides is 1. The molecule has 0 aromatic rings. The van der Waals surface area contributed by atoms with E-state index in [0.29, 0.717) is 19.4 Å². The molecule has 0 atom stereocenters. The molecule has 0 aliphatic heterocycles. The zero-order chi connectivity index (χ0) is 12.3. The second kappa shape index (κ2) is 9.50. The van der Waals surface area contributed by atoms with Crippen LogP contribution in [0.3, 0.4) is 0 Å². The summed E-state index contributed by atoms with van der Waals surface area (Å²) in [7, 11) is 0. The molecule has 0 saturated carbocycles. The van der Waals surface area contributed by atoms with Gasteiger partial charge in [0.15, 0.2) is 0 Å². The number of terminal acetylenes is 1. The summed E-state index contributed by atoms with van der Waals surface area (Å²) in [6, 6.07) is 0. The molecule has 4 heteroatoms. The van der Waals surface area contributed by atoms with E-state index in [1.807, 2.05) is 13.8 Å². The molecule has 0 bridgehead atoms. The summed E-state index contributed by atoms with van der Waals surface area (Å²) in [6.07, 6.45) is 8.89. The second-order valence-electron chi connectivity index (χ2n) is 3.93. The maximum absolute atomic E-state index is 11.2. The van der Waals surface area contributed by atoms with E-state index in [-0.39, 0.29) is 24.5 Å². The van der Waals surface area contributed by atoms with Crippen molar-refractivity contribution in [3.63, 3.8) is 0 Å². The number of carbonyl (C=O) groups is 1. The maximum Gasteiger partial charge on any atom is 0.220 e. The minimum absolute atomic E-state index is 0.000417. The van der Waals surface area contributed by atoms with Gasteiger partial charge in [0.2, 0.25) is 5.91 Å². The molecule has 4 nitrogen and oxygen atoms in total. The van der Waals surface area contributed by atoms with E-state index >= 15 is 0 Å².